The molecule has 0 radical (unpaired) electrons. The Morgan fingerprint density at radius 2 is 1.95 bits per heavy atom. The fourth-order valence-corrected chi connectivity index (χ4v) is 4.30. The minimum atomic E-state index is -4.73. The highest BCUT2D eigenvalue weighted by Gasteiger charge is 2.49. The topological polar surface area (TPSA) is 83.2 Å². The molecular weight excluding hydrogens is 521 g/mol. The highest BCUT2D eigenvalue weighted by Crippen LogP contribution is 2.37. The van der Waals surface area contributed by atoms with Crippen LogP contribution in [-0.4, -0.2) is 57.7 Å². The molecule has 0 bridgehead atoms. The fourth-order valence-electron chi connectivity index (χ4n) is 4.30. The summed E-state index contributed by atoms with van der Waals surface area (Å²) in [7, 11) is 0. The number of hydrogen-bond donors (Lipinski definition) is 2. The van der Waals surface area contributed by atoms with Crippen molar-refractivity contribution >= 4 is 24.0 Å². The van der Waals surface area contributed by atoms with Crippen LogP contribution >= 0.6 is 12.4 Å². The highest BCUT2D eigenvalue weighted by molar-refractivity contribution is 5.95. The predicted molar refractivity (Wildman–Crippen MR) is 128 cm³/mol. The summed E-state index contributed by atoms with van der Waals surface area (Å²) in [6.07, 6.45) is -1.30. The van der Waals surface area contributed by atoms with Crippen molar-refractivity contribution < 1.29 is 26.7 Å². The number of carbonyl (C=O) groups excluding carboxylic acids is 1. The number of anilines is 1. The molecule has 0 aliphatic carbocycles. The van der Waals surface area contributed by atoms with Gasteiger partial charge in [0, 0.05) is 29.1 Å². The first kappa shape index (κ1) is 27.9. The van der Waals surface area contributed by atoms with Gasteiger partial charge >= 0.3 is 6.18 Å². The molecule has 1 amide bonds. The Bertz CT molecular complexity index is 1330. The minimum Gasteiger partial charge on any atom is -0.363 e. The van der Waals surface area contributed by atoms with Crippen molar-refractivity contribution in [3.63, 3.8) is 0 Å². The van der Waals surface area contributed by atoms with Gasteiger partial charge < -0.3 is 15.1 Å². The van der Waals surface area contributed by atoms with Crippen LogP contribution < -0.4 is 10.2 Å². The minimum absolute atomic E-state index is 0. The van der Waals surface area contributed by atoms with Crippen molar-refractivity contribution in [2.24, 2.45) is 0 Å². The first-order chi connectivity index (χ1) is 16.9. The fraction of sp³-hybridized carbons (Fsp3) is 0.391. The van der Waals surface area contributed by atoms with E-state index in [0.29, 0.717) is 13.0 Å². The Morgan fingerprint density at radius 1 is 1.27 bits per heavy atom. The monoisotopic (exact) mass is 543 g/mol. The summed E-state index contributed by atoms with van der Waals surface area (Å²) in [6, 6.07) is -0.879. The van der Waals surface area contributed by atoms with Crippen molar-refractivity contribution in [1.82, 2.24) is 25.3 Å². The van der Waals surface area contributed by atoms with Crippen molar-refractivity contribution in [3.8, 4) is 11.1 Å². The second kappa shape index (κ2) is 10.0. The third kappa shape index (κ3) is 5.11. The van der Waals surface area contributed by atoms with E-state index in [0.717, 1.165) is 28.6 Å². The number of aromatic amines is 1. The molecule has 8 nitrogen and oxygen atoms in total. The Labute approximate surface area is 215 Å². The van der Waals surface area contributed by atoms with E-state index in [9.17, 15) is 26.7 Å². The first-order valence-electron chi connectivity index (χ1n) is 10.9. The van der Waals surface area contributed by atoms with Crippen molar-refractivity contribution in [2.75, 3.05) is 24.5 Å². The molecule has 0 saturated carbocycles. The molecule has 1 atom stereocenters. The Balaban J connectivity index is 0.00000380. The molecule has 0 unspecified atom stereocenters. The van der Waals surface area contributed by atoms with Crippen molar-refractivity contribution in [2.45, 2.75) is 38.5 Å². The molecule has 1 aliphatic rings. The van der Waals surface area contributed by atoms with Gasteiger partial charge in [-0.05, 0) is 26.8 Å². The Kier molecular flexibility index (Phi) is 7.55. The second-order valence-electron chi connectivity index (χ2n) is 8.90. The van der Waals surface area contributed by atoms with Gasteiger partial charge in [-0.3, -0.25) is 14.6 Å². The second-order valence-corrected chi connectivity index (χ2v) is 8.90. The first-order valence-corrected chi connectivity index (χ1v) is 10.9. The number of amides is 1. The van der Waals surface area contributed by atoms with E-state index in [1.807, 2.05) is 13.8 Å². The van der Waals surface area contributed by atoms with E-state index in [-0.39, 0.29) is 37.7 Å². The molecule has 4 rings (SSSR count). The van der Waals surface area contributed by atoms with E-state index < -0.39 is 40.9 Å². The zero-order chi connectivity index (χ0) is 26.4. The predicted octanol–water partition coefficient (Wildman–Crippen LogP) is 4.41. The molecule has 1 fully saturated rings. The summed E-state index contributed by atoms with van der Waals surface area (Å²) in [4.78, 5) is 17.1. The number of alkyl halides is 3. The van der Waals surface area contributed by atoms with Gasteiger partial charge in [0.15, 0.2) is 5.54 Å². The Morgan fingerprint density at radius 3 is 2.51 bits per heavy atom. The summed E-state index contributed by atoms with van der Waals surface area (Å²) in [6.45, 7) is 12.1. The van der Waals surface area contributed by atoms with E-state index in [1.165, 1.54) is 4.90 Å². The van der Waals surface area contributed by atoms with Gasteiger partial charge in [-0.1, -0.05) is 0 Å². The number of rotatable bonds is 6. The van der Waals surface area contributed by atoms with Gasteiger partial charge in [-0.25, -0.2) is 15.4 Å². The lowest BCUT2D eigenvalue weighted by Crippen LogP contribution is -2.65. The van der Waals surface area contributed by atoms with Crippen LogP contribution in [0.4, 0.5) is 27.6 Å². The third-order valence-electron chi connectivity index (χ3n) is 6.29. The maximum atomic E-state index is 14.8. The molecule has 1 saturated heterocycles. The summed E-state index contributed by atoms with van der Waals surface area (Å²) in [5, 5.41) is 13.1. The molecule has 1 aromatic carbocycles. The number of aryl methyl sites for hydroxylation is 2. The van der Waals surface area contributed by atoms with Gasteiger partial charge in [0.05, 0.1) is 36.2 Å². The van der Waals surface area contributed by atoms with E-state index in [4.69, 9.17) is 6.57 Å². The molecule has 37 heavy (non-hydrogen) atoms. The van der Waals surface area contributed by atoms with Crippen LogP contribution in [0.5, 0.6) is 0 Å². The number of nitrogens with zero attached hydrogens (tertiary/aromatic N) is 5. The third-order valence-corrected chi connectivity index (χ3v) is 6.29. The quantitative estimate of drug-likeness (QED) is 0.356. The molecule has 198 valence electrons. The van der Waals surface area contributed by atoms with Crippen molar-refractivity contribution in [1.29, 1.82) is 0 Å². The van der Waals surface area contributed by atoms with Crippen LogP contribution in [0, 0.1) is 32.1 Å². The average Bonchev–Trinajstić information content (AvgIpc) is 3.37. The van der Waals surface area contributed by atoms with Crippen LogP contribution in [-0.2, 0) is 5.54 Å². The zero-order valence-corrected chi connectivity index (χ0v) is 20.8. The van der Waals surface area contributed by atoms with Gasteiger partial charge in [-0.15, -0.1) is 12.4 Å². The van der Waals surface area contributed by atoms with Gasteiger partial charge in [0.25, 0.3) is 5.91 Å². The lowest BCUT2D eigenvalue weighted by Gasteiger charge is -2.48. The Hall–Kier alpha value is -3.66. The van der Waals surface area contributed by atoms with E-state index >= 15 is 0 Å². The normalized spacial score (nSPS) is 15.4. The molecule has 1 aliphatic heterocycles. The van der Waals surface area contributed by atoms with E-state index in [1.54, 1.807) is 22.4 Å². The van der Waals surface area contributed by atoms with Crippen LogP contribution in [0.2, 0.25) is 0 Å². The molecule has 3 heterocycles. The summed E-state index contributed by atoms with van der Waals surface area (Å²) < 4.78 is 69.2. The SMILES string of the molecule is Cl.[C-]#[N+]CC1(n2cc(-c3c(C)n[nH]c3C)cn2)CN(c2cc(F)c(C(=O)N[C@@H](C)C(F)(F)F)cc2F)C1. The molecule has 2 N–H and O–H groups in total. The maximum Gasteiger partial charge on any atom is 0.408 e. The standard InChI is InChI=1S/C23H22F5N7O.ClH/c1-12-20(13(2)33-32-12)15-7-30-35(8-15)22(9-29-4)10-34(11-22)19-6-17(24)16(5-18(19)25)21(36)31-14(3)23(26,27)28;/h5-8,14H,9-11H2,1-3H3,(H,31,36)(H,32,33);1H/t14-;/m0./s1. The molecule has 2 aromatic heterocycles. The summed E-state index contributed by atoms with van der Waals surface area (Å²) >= 11 is 0. The van der Waals surface area contributed by atoms with Crippen LogP contribution in [0.15, 0.2) is 24.5 Å². The number of hydrogen-bond acceptors (Lipinski definition) is 4. The van der Waals surface area contributed by atoms with E-state index in [2.05, 4.69) is 20.1 Å². The molecule has 0 spiro atoms. The molecular formula is C23H23ClF5N7O. The van der Waals surface area contributed by atoms with Gasteiger partial charge in [-0.2, -0.15) is 23.4 Å². The van der Waals surface area contributed by atoms with Crippen LogP contribution in [0.1, 0.15) is 28.7 Å². The van der Waals surface area contributed by atoms with Crippen molar-refractivity contribution in [3.05, 3.63) is 64.5 Å². The number of halogens is 6. The number of aromatic nitrogens is 4. The van der Waals surface area contributed by atoms with Crippen LogP contribution in [0.3, 0.4) is 0 Å². The van der Waals surface area contributed by atoms with Gasteiger partial charge in [0.2, 0.25) is 6.54 Å². The number of H-pyrrole nitrogens is 1. The molecule has 3 aromatic rings. The van der Waals surface area contributed by atoms with Gasteiger partial charge in [0.1, 0.15) is 17.7 Å². The zero-order valence-electron chi connectivity index (χ0n) is 20.0. The number of carbonyl (C=O) groups is 1. The van der Waals surface area contributed by atoms with Crippen LogP contribution in [0.25, 0.3) is 16.0 Å². The summed E-state index contributed by atoms with van der Waals surface area (Å²) in [5.74, 6) is -3.50. The smallest absolute Gasteiger partial charge is 0.363 e. The average molecular weight is 544 g/mol. The molecule has 14 heteroatoms. The maximum absolute atomic E-state index is 14.8. The highest BCUT2D eigenvalue weighted by atomic mass is 35.5. The number of benzene rings is 1. The summed E-state index contributed by atoms with van der Waals surface area (Å²) in [5.41, 5.74) is 1.53. The largest absolute Gasteiger partial charge is 0.408 e. The lowest BCUT2D eigenvalue weighted by atomic mass is 9.89. The number of nitrogens with one attached hydrogen (secondary N) is 2. The lowest BCUT2D eigenvalue weighted by molar-refractivity contribution is -0.149.